The SMILES string of the molecule is Cc1cc(OC(=O)N(c2ccccc2)c2ccccc2)c2ccccc2c1O. The Morgan fingerprint density at radius 3 is 1.86 bits per heavy atom. The normalized spacial score (nSPS) is 10.6. The monoisotopic (exact) mass is 369 g/mol. The van der Waals surface area contributed by atoms with Gasteiger partial charge < -0.3 is 9.84 Å². The minimum atomic E-state index is -0.521. The molecule has 4 nitrogen and oxygen atoms in total. The van der Waals surface area contributed by atoms with Crippen molar-refractivity contribution in [3.8, 4) is 11.5 Å². The Morgan fingerprint density at radius 2 is 1.29 bits per heavy atom. The molecule has 0 bridgehead atoms. The second-order valence-corrected chi connectivity index (χ2v) is 6.46. The van der Waals surface area contributed by atoms with Crippen molar-refractivity contribution in [3.63, 3.8) is 0 Å². The predicted octanol–water partition coefficient (Wildman–Crippen LogP) is 6.19. The molecule has 0 aliphatic carbocycles. The standard InChI is InChI=1S/C24H19NO3/c1-17-16-22(20-14-8-9-15-21(20)23(17)26)28-24(27)25(18-10-4-2-5-11-18)19-12-6-3-7-13-19/h2-16,26H,1H3. The van der Waals surface area contributed by atoms with Crippen molar-refractivity contribution < 1.29 is 14.6 Å². The van der Waals surface area contributed by atoms with Crippen molar-refractivity contribution in [2.75, 3.05) is 4.90 Å². The Kier molecular flexibility index (Phi) is 4.68. The van der Waals surface area contributed by atoms with Crippen LogP contribution in [0.25, 0.3) is 10.8 Å². The molecule has 4 aromatic carbocycles. The van der Waals surface area contributed by atoms with Gasteiger partial charge in [-0.3, -0.25) is 0 Å². The number of para-hydroxylation sites is 2. The van der Waals surface area contributed by atoms with Gasteiger partial charge in [0.15, 0.2) is 0 Å². The maximum absolute atomic E-state index is 13.2. The summed E-state index contributed by atoms with van der Waals surface area (Å²) in [5.74, 6) is 0.603. The second kappa shape index (κ2) is 7.45. The van der Waals surface area contributed by atoms with Crippen molar-refractivity contribution in [2.24, 2.45) is 0 Å². The Labute approximate surface area is 163 Å². The maximum atomic E-state index is 13.2. The average Bonchev–Trinajstić information content (AvgIpc) is 2.74. The topological polar surface area (TPSA) is 49.8 Å². The first-order valence-corrected chi connectivity index (χ1v) is 8.98. The fraction of sp³-hybridized carbons (Fsp3) is 0.0417. The van der Waals surface area contributed by atoms with Gasteiger partial charge in [-0.05, 0) is 42.8 Å². The average molecular weight is 369 g/mol. The number of hydrogen-bond acceptors (Lipinski definition) is 3. The molecule has 4 aromatic rings. The third kappa shape index (κ3) is 3.28. The van der Waals surface area contributed by atoms with Gasteiger partial charge >= 0.3 is 6.09 Å². The summed E-state index contributed by atoms with van der Waals surface area (Å²) in [6.45, 7) is 1.78. The molecule has 138 valence electrons. The first kappa shape index (κ1) is 17.6. The first-order valence-electron chi connectivity index (χ1n) is 8.98. The molecule has 0 saturated carbocycles. The van der Waals surface area contributed by atoms with Crippen LogP contribution in [0.5, 0.6) is 11.5 Å². The van der Waals surface area contributed by atoms with Crippen molar-refractivity contribution in [2.45, 2.75) is 6.92 Å². The third-order valence-corrected chi connectivity index (χ3v) is 4.58. The number of phenolic OH excluding ortho intramolecular Hbond substituents is 1. The van der Waals surface area contributed by atoms with Crippen LogP contribution in [0.15, 0.2) is 91.0 Å². The highest BCUT2D eigenvalue weighted by Gasteiger charge is 2.21. The summed E-state index contributed by atoms with van der Waals surface area (Å²) in [6, 6.07) is 27.7. The van der Waals surface area contributed by atoms with E-state index in [0.29, 0.717) is 33.5 Å². The van der Waals surface area contributed by atoms with Gasteiger partial charge in [0.1, 0.15) is 11.5 Å². The first-order chi connectivity index (χ1) is 13.6. The molecule has 0 spiro atoms. The number of hydrogen-bond donors (Lipinski definition) is 1. The third-order valence-electron chi connectivity index (χ3n) is 4.58. The number of amides is 1. The molecule has 1 amide bonds. The van der Waals surface area contributed by atoms with Crippen molar-refractivity contribution in [3.05, 3.63) is 96.6 Å². The van der Waals surface area contributed by atoms with Crippen molar-refractivity contribution in [1.29, 1.82) is 0 Å². The van der Waals surface area contributed by atoms with Crippen LogP contribution in [0.3, 0.4) is 0 Å². The van der Waals surface area contributed by atoms with Crippen molar-refractivity contribution >= 4 is 28.2 Å². The molecule has 0 heterocycles. The van der Waals surface area contributed by atoms with E-state index in [2.05, 4.69) is 0 Å². The maximum Gasteiger partial charge on any atom is 0.424 e. The minimum absolute atomic E-state index is 0.193. The van der Waals surface area contributed by atoms with Gasteiger partial charge in [0.05, 0.1) is 11.4 Å². The summed E-state index contributed by atoms with van der Waals surface area (Å²) in [5.41, 5.74) is 2.06. The van der Waals surface area contributed by atoms with E-state index < -0.39 is 6.09 Å². The highest BCUT2D eigenvalue weighted by molar-refractivity contribution is 6.00. The van der Waals surface area contributed by atoms with E-state index in [0.717, 1.165) is 0 Å². The molecule has 0 unspecified atom stereocenters. The lowest BCUT2D eigenvalue weighted by molar-refractivity contribution is 0.211. The van der Waals surface area contributed by atoms with E-state index in [9.17, 15) is 9.90 Å². The number of carbonyl (C=O) groups is 1. The van der Waals surface area contributed by atoms with E-state index in [-0.39, 0.29) is 5.75 Å². The lowest BCUT2D eigenvalue weighted by atomic mass is 10.1. The van der Waals surface area contributed by atoms with Crippen LogP contribution < -0.4 is 9.64 Å². The molecule has 4 rings (SSSR count). The van der Waals surface area contributed by atoms with Gasteiger partial charge in [-0.2, -0.15) is 0 Å². The summed E-state index contributed by atoms with van der Waals surface area (Å²) in [6.07, 6.45) is -0.521. The summed E-state index contributed by atoms with van der Waals surface area (Å²) in [5, 5.41) is 11.7. The van der Waals surface area contributed by atoms with Crippen molar-refractivity contribution in [1.82, 2.24) is 0 Å². The van der Waals surface area contributed by atoms with Crippen LogP contribution in [0.1, 0.15) is 5.56 Å². The summed E-state index contributed by atoms with van der Waals surface area (Å²) in [7, 11) is 0. The van der Waals surface area contributed by atoms with Gasteiger partial charge in [0.2, 0.25) is 0 Å². The number of fused-ring (bicyclic) bond motifs is 1. The molecule has 0 aliphatic heterocycles. The Bertz CT molecular complexity index is 1090. The molecule has 0 aromatic heterocycles. The fourth-order valence-corrected chi connectivity index (χ4v) is 3.20. The van der Waals surface area contributed by atoms with Crippen LogP contribution in [0.4, 0.5) is 16.2 Å². The quantitative estimate of drug-likeness (QED) is 0.468. The molecule has 0 radical (unpaired) electrons. The van der Waals surface area contributed by atoms with Crippen LogP contribution in [-0.2, 0) is 0 Å². The molecule has 4 heteroatoms. The number of carbonyl (C=O) groups excluding carboxylic acids is 1. The van der Waals surface area contributed by atoms with E-state index >= 15 is 0 Å². The van der Waals surface area contributed by atoms with Gasteiger partial charge in [-0.1, -0.05) is 60.7 Å². The fourth-order valence-electron chi connectivity index (χ4n) is 3.20. The van der Waals surface area contributed by atoms with Crippen LogP contribution in [-0.4, -0.2) is 11.2 Å². The molecular weight excluding hydrogens is 350 g/mol. The van der Waals surface area contributed by atoms with Gasteiger partial charge in [0, 0.05) is 10.8 Å². The summed E-state index contributed by atoms with van der Waals surface area (Å²) < 4.78 is 5.81. The number of aryl methyl sites for hydroxylation is 1. The smallest absolute Gasteiger partial charge is 0.424 e. The van der Waals surface area contributed by atoms with E-state index in [4.69, 9.17) is 4.74 Å². The summed E-state index contributed by atoms with van der Waals surface area (Å²) in [4.78, 5) is 14.7. The van der Waals surface area contributed by atoms with E-state index in [1.807, 2.05) is 78.9 Å². The zero-order valence-corrected chi connectivity index (χ0v) is 15.4. The van der Waals surface area contributed by atoms with E-state index in [1.165, 1.54) is 4.90 Å². The number of anilines is 2. The number of rotatable bonds is 3. The molecule has 0 atom stereocenters. The Balaban J connectivity index is 1.78. The van der Waals surface area contributed by atoms with Gasteiger partial charge in [-0.25, -0.2) is 9.69 Å². The highest BCUT2D eigenvalue weighted by Crippen LogP contribution is 2.36. The molecule has 0 saturated heterocycles. The summed E-state index contributed by atoms with van der Waals surface area (Å²) >= 11 is 0. The van der Waals surface area contributed by atoms with Gasteiger partial charge in [-0.15, -0.1) is 0 Å². The molecule has 1 N–H and O–H groups in total. The molecule has 28 heavy (non-hydrogen) atoms. The molecule has 0 aliphatic rings. The molecular formula is C24H19NO3. The van der Waals surface area contributed by atoms with Crippen LogP contribution in [0.2, 0.25) is 0 Å². The lowest BCUT2D eigenvalue weighted by Crippen LogP contribution is -2.29. The predicted molar refractivity (Wildman–Crippen MR) is 111 cm³/mol. The number of aromatic hydroxyl groups is 1. The highest BCUT2D eigenvalue weighted by atomic mass is 16.6. The van der Waals surface area contributed by atoms with Gasteiger partial charge in [0.25, 0.3) is 0 Å². The number of nitrogens with zero attached hydrogens (tertiary/aromatic N) is 1. The zero-order valence-electron chi connectivity index (χ0n) is 15.4. The number of phenols is 1. The second-order valence-electron chi connectivity index (χ2n) is 6.46. The Hall–Kier alpha value is -3.79. The zero-order chi connectivity index (χ0) is 19.5. The van der Waals surface area contributed by atoms with Crippen LogP contribution in [0, 0.1) is 6.92 Å². The minimum Gasteiger partial charge on any atom is -0.507 e. The largest absolute Gasteiger partial charge is 0.507 e. The number of ether oxygens (including phenoxy) is 1. The number of benzene rings is 4. The van der Waals surface area contributed by atoms with E-state index in [1.54, 1.807) is 19.1 Å². The molecule has 0 fully saturated rings. The van der Waals surface area contributed by atoms with Crippen LogP contribution >= 0.6 is 0 Å². The lowest BCUT2D eigenvalue weighted by Gasteiger charge is -2.23. The Morgan fingerprint density at radius 1 is 0.786 bits per heavy atom.